The van der Waals surface area contributed by atoms with Crippen molar-refractivity contribution in [2.75, 3.05) is 11.5 Å². The van der Waals surface area contributed by atoms with Gasteiger partial charge in [-0.05, 0) is 65.3 Å². The first kappa shape index (κ1) is 27.6. The van der Waals surface area contributed by atoms with Crippen molar-refractivity contribution in [1.29, 1.82) is 0 Å². The van der Waals surface area contributed by atoms with Gasteiger partial charge in [-0.15, -0.1) is 0 Å². The van der Waals surface area contributed by atoms with Crippen LogP contribution in [0.15, 0.2) is 72.3 Å². The van der Waals surface area contributed by atoms with Crippen molar-refractivity contribution >= 4 is 44.1 Å². The van der Waals surface area contributed by atoms with E-state index in [9.17, 15) is 14.7 Å². The van der Waals surface area contributed by atoms with E-state index in [1.165, 1.54) is 16.2 Å². The van der Waals surface area contributed by atoms with Crippen LogP contribution in [0, 0.1) is 0 Å². The Kier molecular flexibility index (Phi) is 7.27. The Morgan fingerprint density at radius 1 is 1.05 bits per heavy atom. The summed E-state index contributed by atoms with van der Waals surface area (Å²) in [6.07, 6.45) is 0. The fourth-order valence-corrected chi connectivity index (χ4v) is 6.06. The smallest absolute Gasteiger partial charge is 0.301 e. The lowest BCUT2D eigenvalue weighted by Crippen LogP contribution is -2.29. The highest BCUT2D eigenvalue weighted by atomic mass is 32.1. The number of ketones is 1. The number of hydrogen-bond acceptors (Lipinski definition) is 6. The number of amides is 1. The van der Waals surface area contributed by atoms with Gasteiger partial charge in [0.05, 0.1) is 28.4 Å². The molecule has 1 fully saturated rings. The third-order valence-corrected chi connectivity index (χ3v) is 8.27. The lowest BCUT2D eigenvalue weighted by molar-refractivity contribution is -0.132. The molecule has 1 aromatic heterocycles. The molecule has 1 aliphatic heterocycles. The van der Waals surface area contributed by atoms with E-state index in [-0.39, 0.29) is 22.7 Å². The molecule has 1 amide bonds. The maximum Gasteiger partial charge on any atom is 0.301 e. The molecule has 3 aromatic carbocycles. The second-order valence-corrected chi connectivity index (χ2v) is 12.4. The SMILES string of the molecule is CCOc1ccc(/C(O)=C2\C(=O)C(=O)N(c3nc4ccccc4s3)C2c2ccc(C(C)(C)C)cc2)cc1C(C)C. The van der Waals surface area contributed by atoms with E-state index in [1.54, 1.807) is 6.07 Å². The average molecular weight is 555 g/mol. The fraction of sp³-hybridized carbons (Fsp3) is 0.303. The molecule has 1 saturated heterocycles. The summed E-state index contributed by atoms with van der Waals surface area (Å²) in [4.78, 5) is 33.4. The molecule has 4 aromatic rings. The van der Waals surface area contributed by atoms with Gasteiger partial charge in [0, 0.05) is 5.56 Å². The van der Waals surface area contributed by atoms with Crippen LogP contribution in [0.5, 0.6) is 5.75 Å². The first-order valence-electron chi connectivity index (χ1n) is 13.6. The predicted molar refractivity (Wildman–Crippen MR) is 161 cm³/mol. The maximum absolute atomic E-state index is 13.7. The molecule has 40 heavy (non-hydrogen) atoms. The fourth-order valence-electron chi connectivity index (χ4n) is 5.06. The Hall–Kier alpha value is -3.97. The van der Waals surface area contributed by atoms with Gasteiger partial charge < -0.3 is 9.84 Å². The average Bonchev–Trinajstić information content (AvgIpc) is 3.46. The van der Waals surface area contributed by atoms with E-state index in [0.29, 0.717) is 17.3 Å². The molecule has 0 spiro atoms. The van der Waals surface area contributed by atoms with Gasteiger partial charge in [0.25, 0.3) is 5.78 Å². The van der Waals surface area contributed by atoms with Crippen molar-refractivity contribution < 1.29 is 19.4 Å². The van der Waals surface area contributed by atoms with Crippen molar-refractivity contribution in [3.05, 3.63) is 94.6 Å². The minimum Gasteiger partial charge on any atom is -0.507 e. The number of aromatic nitrogens is 1. The van der Waals surface area contributed by atoms with Crippen molar-refractivity contribution in [3.8, 4) is 5.75 Å². The highest BCUT2D eigenvalue weighted by Crippen LogP contribution is 2.45. The molecule has 1 N–H and O–H groups in total. The number of aliphatic hydroxyl groups excluding tert-OH is 1. The van der Waals surface area contributed by atoms with Crippen molar-refractivity contribution in [1.82, 2.24) is 4.98 Å². The normalized spacial score (nSPS) is 17.3. The molecule has 1 unspecified atom stereocenters. The number of carbonyl (C=O) groups excluding carboxylic acids is 2. The van der Waals surface area contributed by atoms with Gasteiger partial charge >= 0.3 is 5.91 Å². The zero-order chi connectivity index (χ0) is 28.8. The van der Waals surface area contributed by atoms with Gasteiger partial charge in [-0.2, -0.15) is 0 Å². The van der Waals surface area contributed by atoms with Crippen molar-refractivity contribution in [2.45, 2.75) is 58.9 Å². The third kappa shape index (κ3) is 4.90. The Morgan fingerprint density at radius 2 is 1.75 bits per heavy atom. The first-order valence-corrected chi connectivity index (χ1v) is 14.4. The number of fused-ring (bicyclic) bond motifs is 1. The molecule has 5 rings (SSSR count). The topological polar surface area (TPSA) is 79.7 Å². The highest BCUT2D eigenvalue weighted by Gasteiger charge is 2.48. The quantitative estimate of drug-likeness (QED) is 0.150. The van der Waals surface area contributed by atoms with Gasteiger partial charge in [0.2, 0.25) is 0 Å². The lowest BCUT2D eigenvalue weighted by atomic mass is 9.85. The molecule has 0 bridgehead atoms. The Labute approximate surface area is 238 Å². The third-order valence-electron chi connectivity index (χ3n) is 7.23. The molecule has 0 saturated carbocycles. The number of Topliss-reactive ketones (excluding diaryl/α,β-unsaturated/α-hetero) is 1. The van der Waals surface area contributed by atoms with Crippen LogP contribution in [-0.2, 0) is 15.0 Å². The van der Waals surface area contributed by atoms with Gasteiger partial charge in [-0.1, -0.05) is 82.4 Å². The number of aliphatic hydroxyl groups is 1. The zero-order valence-corrected chi connectivity index (χ0v) is 24.5. The number of anilines is 1. The Balaban J connectivity index is 1.71. The van der Waals surface area contributed by atoms with Crippen LogP contribution >= 0.6 is 11.3 Å². The predicted octanol–water partition coefficient (Wildman–Crippen LogP) is 7.74. The Morgan fingerprint density at radius 3 is 2.38 bits per heavy atom. The number of para-hydroxylation sites is 1. The molecule has 1 aliphatic rings. The molecular weight excluding hydrogens is 520 g/mol. The van der Waals surface area contributed by atoms with Gasteiger partial charge in [0.15, 0.2) is 5.13 Å². The number of ether oxygens (including phenoxy) is 1. The van der Waals surface area contributed by atoms with Gasteiger partial charge in [-0.3, -0.25) is 14.5 Å². The van der Waals surface area contributed by atoms with Crippen LogP contribution < -0.4 is 9.64 Å². The van der Waals surface area contributed by atoms with Gasteiger partial charge in [-0.25, -0.2) is 4.98 Å². The Bertz CT molecular complexity index is 1590. The van der Waals surface area contributed by atoms with E-state index in [1.807, 2.05) is 81.4 Å². The summed E-state index contributed by atoms with van der Waals surface area (Å²) < 4.78 is 6.71. The van der Waals surface area contributed by atoms with E-state index in [4.69, 9.17) is 9.72 Å². The number of hydrogen-bond donors (Lipinski definition) is 1. The molecule has 7 heteroatoms. The van der Waals surface area contributed by atoms with Crippen LogP contribution in [0.4, 0.5) is 5.13 Å². The largest absolute Gasteiger partial charge is 0.507 e. The second-order valence-electron chi connectivity index (χ2n) is 11.3. The number of benzene rings is 3. The zero-order valence-electron chi connectivity index (χ0n) is 23.7. The van der Waals surface area contributed by atoms with E-state index >= 15 is 0 Å². The highest BCUT2D eigenvalue weighted by molar-refractivity contribution is 7.22. The standard InChI is InChI=1S/C33H34N2O4S/c1-7-39-25-17-14-21(18-23(25)19(2)3)29(36)27-28(20-12-15-22(16-13-20)33(4,5)6)35(31(38)30(27)37)32-34-24-10-8-9-11-26(24)40-32/h8-19,28,36H,7H2,1-6H3/b29-27+. The lowest BCUT2D eigenvalue weighted by Gasteiger charge is -2.25. The van der Waals surface area contributed by atoms with Crippen LogP contribution in [0.1, 0.15) is 75.8 Å². The van der Waals surface area contributed by atoms with Crippen LogP contribution in [0.25, 0.3) is 16.0 Å². The number of carbonyl (C=O) groups is 2. The van der Waals surface area contributed by atoms with E-state index in [0.717, 1.165) is 32.7 Å². The summed E-state index contributed by atoms with van der Waals surface area (Å²) in [6, 6.07) is 20.1. The summed E-state index contributed by atoms with van der Waals surface area (Å²) in [6.45, 7) is 12.9. The number of thiazole rings is 1. The second kappa shape index (κ2) is 10.5. The molecule has 0 aliphatic carbocycles. The molecule has 6 nitrogen and oxygen atoms in total. The first-order chi connectivity index (χ1) is 19.0. The van der Waals surface area contributed by atoms with Crippen molar-refractivity contribution in [3.63, 3.8) is 0 Å². The van der Waals surface area contributed by atoms with E-state index in [2.05, 4.69) is 20.8 Å². The maximum atomic E-state index is 13.7. The molecule has 0 radical (unpaired) electrons. The summed E-state index contributed by atoms with van der Waals surface area (Å²) in [5, 5.41) is 12.1. The summed E-state index contributed by atoms with van der Waals surface area (Å²) in [5.41, 5.74) is 3.96. The number of rotatable bonds is 6. The van der Waals surface area contributed by atoms with Gasteiger partial charge in [0.1, 0.15) is 11.5 Å². The minimum absolute atomic E-state index is 0.0478. The van der Waals surface area contributed by atoms with Crippen LogP contribution in [0.2, 0.25) is 0 Å². The minimum atomic E-state index is -0.830. The van der Waals surface area contributed by atoms with Crippen molar-refractivity contribution in [2.24, 2.45) is 0 Å². The number of nitrogens with zero attached hydrogens (tertiary/aromatic N) is 2. The molecular formula is C33H34N2O4S. The summed E-state index contributed by atoms with van der Waals surface area (Å²) in [7, 11) is 0. The van der Waals surface area contributed by atoms with Crippen LogP contribution in [-0.4, -0.2) is 28.4 Å². The molecule has 206 valence electrons. The van der Waals surface area contributed by atoms with Crippen LogP contribution in [0.3, 0.4) is 0 Å². The summed E-state index contributed by atoms with van der Waals surface area (Å²) in [5.74, 6) is -0.794. The monoisotopic (exact) mass is 554 g/mol. The molecule has 1 atom stereocenters. The summed E-state index contributed by atoms with van der Waals surface area (Å²) >= 11 is 1.35. The van der Waals surface area contributed by atoms with E-state index < -0.39 is 17.7 Å². The molecule has 2 heterocycles.